The highest BCUT2D eigenvalue weighted by Crippen LogP contribution is 2.27. The van der Waals surface area contributed by atoms with E-state index in [-0.39, 0.29) is 23.8 Å². The number of hydrogen-bond acceptors (Lipinski definition) is 3. The average molecular weight is 361 g/mol. The largest absolute Gasteiger partial charge is 0.337 e. The predicted molar refractivity (Wildman–Crippen MR) is 97.6 cm³/mol. The van der Waals surface area contributed by atoms with E-state index in [0.717, 1.165) is 18.5 Å². The van der Waals surface area contributed by atoms with E-state index in [9.17, 15) is 14.0 Å². The van der Waals surface area contributed by atoms with Crippen LogP contribution in [0.5, 0.6) is 0 Å². The monoisotopic (exact) mass is 361 g/mol. The van der Waals surface area contributed by atoms with Gasteiger partial charge in [0.05, 0.1) is 6.54 Å². The van der Waals surface area contributed by atoms with Crippen LogP contribution in [0.15, 0.2) is 24.3 Å². The summed E-state index contributed by atoms with van der Waals surface area (Å²) in [5, 5.41) is 0. The van der Waals surface area contributed by atoms with E-state index in [1.165, 1.54) is 12.1 Å². The van der Waals surface area contributed by atoms with Gasteiger partial charge in [-0.05, 0) is 30.5 Å². The molecule has 0 aliphatic carbocycles. The second kappa shape index (κ2) is 7.74. The lowest BCUT2D eigenvalue weighted by molar-refractivity contribution is -0.169. The molecule has 3 unspecified atom stereocenters. The number of hydrogen-bond donors (Lipinski definition) is 0. The highest BCUT2D eigenvalue weighted by molar-refractivity contribution is 5.89. The van der Waals surface area contributed by atoms with Crippen LogP contribution in [0.25, 0.3) is 0 Å². The maximum atomic E-state index is 13.2. The molecule has 0 aromatic heterocycles. The first-order valence-electron chi connectivity index (χ1n) is 9.49. The quantitative estimate of drug-likeness (QED) is 0.809. The lowest BCUT2D eigenvalue weighted by Gasteiger charge is -2.52. The summed E-state index contributed by atoms with van der Waals surface area (Å²) in [5.74, 6) is 0.274. The maximum Gasteiger partial charge on any atom is 0.245 e. The number of rotatable bonds is 5. The van der Waals surface area contributed by atoms with Crippen molar-refractivity contribution >= 4 is 11.8 Å². The zero-order chi connectivity index (χ0) is 18.8. The van der Waals surface area contributed by atoms with Crippen LogP contribution >= 0.6 is 0 Å². The third-order valence-corrected chi connectivity index (χ3v) is 5.64. The van der Waals surface area contributed by atoms with Crippen LogP contribution in [-0.4, -0.2) is 58.4 Å². The summed E-state index contributed by atoms with van der Waals surface area (Å²) in [4.78, 5) is 31.1. The van der Waals surface area contributed by atoms with Crippen molar-refractivity contribution in [2.24, 2.45) is 5.92 Å². The molecule has 5 nitrogen and oxygen atoms in total. The van der Waals surface area contributed by atoms with Crippen LogP contribution in [-0.2, 0) is 16.1 Å². The minimum Gasteiger partial charge on any atom is -0.337 e. The molecule has 1 aromatic rings. The number of benzene rings is 1. The zero-order valence-corrected chi connectivity index (χ0v) is 15.8. The molecule has 0 radical (unpaired) electrons. The van der Waals surface area contributed by atoms with Crippen LogP contribution in [0.2, 0.25) is 0 Å². The smallest absolute Gasteiger partial charge is 0.245 e. The van der Waals surface area contributed by atoms with E-state index in [2.05, 4.69) is 18.7 Å². The molecule has 26 heavy (non-hydrogen) atoms. The van der Waals surface area contributed by atoms with Crippen molar-refractivity contribution in [1.82, 2.24) is 14.7 Å². The van der Waals surface area contributed by atoms with Crippen molar-refractivity contribution in [3.8, 4) is 0 Å². The third-order valence-electron chi connectivity index (χ3n) is 5.64. The van der Waals surface area contributed by atoms with Gasteiger partial charge in [0, 0.05) is 26.1 Å². The minimum absolute atomic E-state index is 0.0403. The van der Waals surface area contributed by atoms with Gasteiger partial charge in [0.15, 0.2) is 0 Å². The summed E-state index contributed by atoms with van der Waals surface area (Å²) in [5.41, 5.74) is 1.01. The summed E-state index contributed by atoms with van der Waals surface area (Å²) in [6.07, 6.45) is 1.32. The number of amides is 2. The van der Waals surface area contributed by atoms with Crippen molar-refractivity contribution in [2.45, 2.75) is 52.4 Å². The molecular formula is C20H28FN3O2. The molecule has 0 bridgehead atoms. The Bertz CT molecular complexity index is 664. The van der Waals surface area contributed by atoms with E-state index in [1.54, 1.807) is 17.0 Å². The van der Waals surface area contributed by atoms with Gasteiger partial charge in [0.2, 0.25) is 11.8 Å². The van der Waals surface area contributed by atoms with E-state index >= 15 is 0 Å². The number of carbonyl (C=O) groups excluding carboxylic acids is 2. The van der Waals surface area contributed by atoms with Gasteiger partial charge in [0.1, 0.15) is 18.0 Å². The normalized spacial score (nSPS) is 25.4. The summed E-state index contributed by atoms with van der Waals surface area (Å²) in [7, 11) is 0. The first-order chi connectivity index (χ1) is 12.4. The Morgan fingerprint density at radius 3 is 2.58 bits per heavy atom. The Balaban J connectivity index is 1.80. The lowest BCUT2D eigenvalue weighted by atomic mass is 10.0. The van der Waals surface area contributed by atoms with Crippen LogP contribution in [0.4, 0.5) is 4.39 Å². The van der Waals surface area contributed by atoms with Crippen molar-refractivity contribution in [2.75, 3.05) is 19.6 Å². The summed E-state index contributed by atoms with van der Waals surface area (Å²) in [6, 6.07) is 6.06. The number of carbonyl (C=O) groups is 2. The first-order valence-corrected chi connectivity index (χ1v) is 9.49. The fourth-order valence-electron chi connectivity index (χ4n) is 3.89. The average Bonchev–Trinajstić information content (AvgIpc) is 2.63. The second-order valence-corrected chi connectivity index (χ2v) is 7.56. The highest BCUT2D eigenvalue weighted by atomic mass is 19.1. The van der Waals surface area contributed by atoms with Crippen molar-refractivity contribution < 1.29 is 14.0 Å². The van der Waals surface area contributed by atoms with Gasteiger partial charge < -0.3 is 9.80 Å². The molecule has 2 amide bonds. The van der Waals surface area contributed by atoms with E-state index in [1.807, 2.05) is 11.8 Å². The Morgan fingerprint density at radius 1 is 1.23 bits per heavy atom. The van der Waals surface area contributed by atoms with Crippen molar-refractivity contribution in [3.63, 3.8) is 0 Å². The van der Waals surface area contributed by atoms with E-state index < -0.39 is 6.04 Å². The van der Waals surface area contributed by atoms with Crippen LogP contribution in [0.1, 0.15) is 39.2 Å². The number of halogens is 1. The molecule has 0 N–H and O–H groups in total. The Morgan fingerprint density at radius 2 is 1.92 bits per heavy atom. The summed E-state index contributed by atoms with van der Waals surface area (Å²) in [6.45, 7) is 8.68. The molecule has 2 fully saturated rings. The number of fused-ring (bicyclic) bond motifs is 1. The molecule has 142 valence electrons. The third kappa shape index (κ3) is 3.75. The molecule has 3 atom stereocenters. The van der Waals surface area contributed by atoms with Gasteiger partial charge in [-0.25, -0.2) is 4.39 Å². The van der Waals surface area contributed by atoms with Crippen LogP contribution in [0.3, 0.4) is 0 Å². The zero-order valence-electron chi connectivity index (χ0n) is 15.8. The fraction of sp³-hybridized carbons (Fsp3) is 0.600. The van der Waals surface area contributed by atoms with Gasteiger partial charge in [-0.1, -0.05) is 32.4 Å². The van der Waals surface area contributed by atoms with Crippen molar-refractivity contribution in [1.29, 1.82) is 0 Å². The number of nitrogens with zero attached hydrogens (tertiary/aromatic N) is 3. The van der Waals surface area contributed by atoms with Crippen LogP contribution in [0, 0.1) is 11.7 Å². The van der Waals surface area contributed by atoms with Gasteiger partial charge in [-0.3, -0.25) is 14.5 Å². The Hall–Kier alpha value is -1.95. The highest BCUT2D eigenvalue weighted by Gasteiger charge is 2.45. The molecule has 3 rings (SSSR count). The summed E-state index contributed by atoms with van der Waals surface area (Å²) >= 11 is 0. The molecule has 6 heteroatoms. The molecular weight excluding hydrogens is 333 g/mol. The minimum atomic E-state index is -0.429. The molecule has 2 aliphatic heterocycles. The van der Waals surface area contributed by atoms with Gasteiger partial charge in [0.25, 0.3) is 0 Å². The molecule has 1 aromatic carbocycles. The Kier molecular flexibility index (Phi) is 5.61. The van der Waals surface area contributed by atoms with Gasteiger partial charge in [-0.2, -0.15) is 0 Å². The summed E-state index contributed by atoms with van der Waals surface area (Å²) < 4.78 is 13.2. The lowest BCUT2D eigenvalue weighted by Crippen LogP contribution is -2.69. The van der Waals surface area contributed by atoms with Gasteiger partial charge in [-0.15, -0.1) is 0 Å². The fourth-order valence-corrected chi connectivity index (χ4v) is 3.89. The van der Waals surface area contributed by atoms with E-state index in [4.69, 9.17) is 0 Å². The first kappa shape index (κ1) is 18.8. The predicted octanol–water partition coefficient (Wildman–Crippen LogP) is 2.46. The molecule has 0 spiro atoms. The molecule has 2 aliphatic rings. The molecule has 2 saturated heterocycles. The standard InChI is InChI=1S/C20H28FN3O2/c1-4-14(2)11-23-13-18-22(12-16-5-7-17(21)8-6-16)10-9-19(25)24(18)15(3)20(23)26/h5-8,14-15,18H,4,9-13H2,1-3H3. The van der Waals surface area contributed by atoms with Gasteiger partial charge >= 0.3 is 0 Å². The Labute approximate surface area is 154 Å². The van der Waals surface area contributed by atoms with Crippen molar-refractivity contribution in [3.05, 3.63) is 35.6 Å². The topological polar surface area (TPSA) is 43.9 Å². The second-order valence-electron chi connectivity index (χ2n) is 7.56. The molecule has 2 heterocycles. The number of piperazine rings is 1. The van der Waals surface area contributed by atoms with E-state index in [0.29, 0.717) is 32.0 Å². The van der Waals surface area contributed by atoms with Crippen LogP contribution < -0.4 is 0 Å². The maximum absolute atomic E-state index is 13.2. The molecule has 0 saturated carbocycles. The SMILES string of the molecule is CCC(C)CN1CC2N(Cc3ccc(F)cc3)CCC(=O)N2C(C)C1=O.